The molecule has 0 aromatic heterocycles. The minimum Gasteiger partial charge on any atom is -0.506 e. The summed E-state index contributed by atoms with van der Waals surface area (Å²) in [7, 11) is 2.76. The molecule has 110 valence electrons. The number of ketones is 1. The molecule has 0 atom stereocenters. The summed E-state index contributed by atoms with van der Waals surface area (Å²) < 4.78 is 24.1. The van der Waals surface area contributed by atoms with Gasteiger partial charge in [-0.3, -0.25) is 4.79 Å². The zero-order chi connectivity index (χ0) is 15.6. The fraction of sp³-hybridized carbons (Fsp3) is 0.133. The highest BCUT2D eigenvalue weighted by molar-refractivity contribution is 9.10. The molecule has 0 aliphatic carbocycles. The van der Waals surface area contributed by atoms with E-state index in [0.717, 1.165) is 0 Å². The molecular weight excluding hydrogens is 343 g/mol. The Morgan fingerprint density at radius 1 is 1.19 bits per heavy atom. The molecule has 0 heterocycles. The Morgan fingerprint density at radius 2 is 1.81 bits per heavy atom. The van der Waals surface area contributed by atoms with Gasteiger partial charge in [-0.15, -0.1) is 0 Å². The molecule has 0 saturated heterocycles. The first kappa shape index (κ1) is 15.3. The lowest BCUT2D eigenvalue weighted by Gasteiger charge is -2.14. The summed E-state index contributed by atoms with van der Waals surface area (Å²) in [6.07, 6.45) is 0. The van der Waals surface area contributed by atoms with Gasteiger partial charge in [-0.25, -0.2) is 4.39 Å². The van der Waals surface area contributed by atoms with Crippen LogP contribution in [0, 0.1) is 5.82 Å². The number of hydrogen-bond donors (Lipinski definition) is 1. The Labute approximate surface area is 129 Å². The molecule has 4 nitrogen and oxygen atoms in total. The Kier molecular flexibility index (Phi) is 4.47. The molecule has 2 aromatic carbocycles. The summed E-state index contributed by atoms with van der Waals surface area (Å²) in [4.78, 5) is 12.5. The maximum Gasteiger partial charge on any atom is 0.203 e. The van der Waals surface area contributed by atoms with Crippen molar-refractivity contribution in [1.82, 2.24) is 0 Å². The lowest BCUT2D eigenvalue weighted by atomic mass is 10.0. The Hall–Kier alpha value is -2.08. The van der Waals surface area contributed by atoms with E-state index in [1.807, 2.05) is 0 Å². The van der Waals surface area contributed by atoms with Crippen LogP contribution in [-0.4, -0.2) is 25.1 Å². The molecule has 2 aromatic rings. The van der Waals surface area contributed by atoms with Gasteiger partial charge in [-0.1, -0.05) is 12.1 Å². The minimum absolute atomic E-state index is 0.0980. The zero-order valence-electron chi connectivity index (χ0n) is 11.3. The van der Waals surface area contributed by atoms with E-state index >= 15 is 0 Å². The molecule has 0 aliphatic heterocycles. The molecule has 0 radical (unpaired) electrons. The number of ether oxygens (including phenoxy) is 2. The number of phenols is 1. The molecule has 0 bridgehead atoms. The van der Waals surface area contributed by atoms with Crippen molar-refractivity contribution in [3.63, 3.8) is 0 Å². The molecule has 2 rings (SSSR count). The second kappa shape index (κ2) is 6.13. The van der Waals surface area contributed by atoms with Crippen molar-refractivity contribution < 1.29 is 23.8 Å². The smallest absolute Gasteiger partial charge is 0.203 e. The van der Waals surface area contributed by atoms with Crippen LogP contribution in [0.15, 0.2) is 34.8 Å². The van der Waals surface area contributed by atoms with Crippen molar-refractivity contribution in [3.8, 4) is 17.2 Å². The Balaban J connectivity index is 2.66. The fourth-order valence-corrected chi connectivity index (χ4v) is 2.38. The van der Waals surface area contributed by atoms with E-state index in [4.69, 9.17) is 9.47 Å². The van der Waals surface area contributed by atoms with Crippen LogP contribution in [0.3, 0.4) is 0 Å². The first-order valence-electron chi connectivity index (χ1n) is 5.94. The third-order valence-electron chi connectivity index (χ3n) is 2.95. The van der Waals surface area contributed by atoms with E-state index in [2.05, 4.69) is 15.9 Å². The van der Waals surface area contributed by atoms with Crippen LogP contribution in [0.25, 0.3) is 0 Å². The number of methoxy groups -OCH3 is 2. The summed E-state index contributed by atoms with van der Waals surface area (Å²) in [5.41, 5.74) is -0.279. The molecular formula is C15H12BrFO4. The van der Waals surface area contributed by atoms with E-state index in [1.165, 1.54) is 38.5 Å². The van der Waals surface area contributed by atoms with Crippen LogP contribution in [0.2, 0.25) is 0 Å². The number of benzene rings is 2. The lowest BCUT2D eigenvalue weighted by molar-refractivity contribution is 0.102. The number of halogens is 2. The largest absolute Gasteiger partial charge is 0.506 e. The maximum atomic E-state index is 13.8. The minimum atomic E-state index is -0.675. The summed E-state index contributed by atoms with van der Waals surface area (Å²) in [6.45, 7) is 0. The SMILES string of the molecule is COc1cc(OC)c(C(=O)c2ccccc2F)c(O)c1Br. The van der Waals surface area contributed by atoms with Gasteiger partial charge in [0.2, 0.25) is 5.78 Å². The number of carbonyl (C=O) groups excluding carboxylic acids is 1. The van der Waals surface area contributed by atoms with Crippen molar-refractivity contribution in [3.05, 3.63) is 51.7 Å². The Bertz CT molecular complexity index is 700. The standard InChI is InChI=1S/C15H12BrFO4/c1-20-10-7-11(21-2)13(16)15(19)12(10)14(18)8-5-3-4-6-9(8)17/h3-7,19H,1-2H3. The third-order valence-corrected chi connectivity index (χ3v) is 3.72. The predicted molar refractivity (Wildman–Crippen MR) is 78.7 cm³/mol. The van der Waals surface area contributed by atoms with Gasteiger partial charge in [0, 0.05) is 6.07 Å². The number of carbonyl (C=O) groups is 1. The topological polar surface area (TPSA) is 55.8 Å². The van der Waals surface area contributed by atoms with Gasteiger partial charge in [-0.2, -0.15) is 0 Å². The molecule has 6 heteroatoms. The van der Waals surface area contributed by atoms with Crippen molar-refractivity contribution in [2.75, 3.05) is 14.2 Å². The number of rotatable bonds is 4. The fourth-order valence-electron chi connectivity index (χ4n) is 1.91. The first-order valence-corrected chi connectivity index (χ1v) is 6.73. The van der Waals surface area contributed by atoms with Crippen molar-refractivity contribution in [2.24, 2.45) is 0 Å². The Morgan fingerprint density at radius 3 is 2.38 bits per heavy atom. The molecule has 0 fully saturated rings. The van der Waals surface area contributed by atoms with Crippen molar-refractivity contribution >= 4 is 21.7 Å². The van der Waals surface area contributed by atoms with Gasteiger partial charge >= 0.3 is 0 Å². The van der Waals surface area contributed by atoms with Crippen LogP contribution in [0.5, 0.6) is 17.2 Å². The molecule has 0 spiro atoms. The van der Waals surface area contributed by atoms with Crippen LogP contribution < -0.4 is 9.47 Å². The number of hydrogen-bond acceptors (Lipinski definition) is 4. The van der Waals surface area contributed by atoms with E-state index in [9.17, 15) is 14.3 Å². The molecule has 0 unspecified atom stereocenters. The van der Waals surface area contributed by atoms with Gasteiger partial charge in [-0.05, 0) is 28.1 Å². The molecule has 21 heavy (non-hydrogen) atoms. The average molecular weight is 355 g/mol. The normalized spacial score (nSPS) is 10.3. The zero-order valence-corrected chi connectivity index (χ0v) is 12.9. The summed E-state index contributed by atoms with van der Waals surface area (Å²) in [5.74, 6) is -1.31. The van der Waals surface area contributed by atoms with Gasteiger partial charge < -0.3 is 14.6 Å². The maximum absolute atomic E-state index is 13.8. The molecule has 0 saturated carbocycles. The van der Waals surface area contributed by atoms with Crippen molar-refractivity contribution in [2.45, 2.75) is 0 Å². The molecule has 0 aliphatic rings. The van der Waals surface area contributed by atoms with Crippen LogP contribution in [-0.2, 0) is 0 Å². The van der Waals surface area contributed by atoms with E-state index < -0.39 is 11.6 Å². The highest BCUT2D eigenvalue weighted by atomic mass is 79.9. The predicted octanol–water partition coefficient (Wildman–Crippen LogP) is 3.54. The van der Waals surface area contributed by atoms with E-state index in [1.54, 1.807) is 6.07 Å². The number of aromatic hydroxyl groups is 1. The van der Waals surface area contributed by atoms with Crippen LogP contribution in [0.1, 0.15) is 15.9 Å². The van der Waals surface area contributed by atoms with Crippen LogP contribution >= 0.6 is 15.9 Å². The highest BCUT2D eigenvalue weighted by Gasteiger charge is 2.25. The molecule has 1 N–H and O–H groups in total. The third kappa shape index (κ3) is 2.71. The van der Waals surface area contributed by atoms with Gasteiger partial charge in [0.15, 0.2) is 0 Å². The number of phenolic OH excluding ortho intramolecular Hbond substituents is 1. The van der Waals surface area contributed by atoms with Gasteiger partial charge in [0.1, 0.15) is 33.1 Å². The van der Waals surface area contributed by atoms with E-state index in [-0.39, 0.29) is 27.1 Å². The highest BCUT2D eigenvalue weighted by Crippen LogP contribution is 2.43. The van der Waals surface area contributed by atoms with E-state index in [0.29, 0.717) is 5.75 Å². The van der Waals surface area contributed by atoms with Crippen molar-refractivity contribution in [1.29, 1.82) is 0 Å². The summed E-state index contributed by atoms with van der Waals surface area (Å²) in [6, 6.07) is 6.98. The lowest BCUT2D eigenvalue weighted by Crippen LogP contribution is -2.07. The summed E-state index contributed by atoms with van der Waals surface area (Å²) >= 11 is 3.14. The molecule has 0 amide bonds. The summed E-state index contributed by atoms with van der Waals surface area (Å²) in [5, 5.41) is 10.2. The monoisotopic (exact) mass is 354 g/mol. The first-order chi connectivity index (χ1) is 10.0. The second-order valence-corrected chi connectivity index (χ2v) is 4.92. The second-order valence-electron chi connectivity index (χ2n) is 4.13. The van der Waals surface area contributed by atoms with Gasteiger partial charge in [0.25, 0.3) is 0 Å². The van der Waals surface area contributed by atoms with Gasteiger partial charge in [0.05, 0.1) is 19.8 Å². The van der Waals surface area contributed by atoms with Crippen LogP contribution in [0.4, 0.5) is 4.39 Å². The average Bonchev–Trinajstić information content (AvgIpc) is 2.49. The quantitative estimate of drug-likeness (QED) is 0.853.